The molecule has 1 saturated heterocycles. The molecule has 0 saturated carbocycles. The zero-order valence-corrected chi connectivity index (χ0v) is 18.7. The smallest absolute Gasteiger partial charge is 0.250 e. The van der Waals surface area contributed by atoms with E-state index < -0.39 is 5.25 Å². The number of rotatable bonds is 4. The number of aryl methyl sites for hydroxylation is 2. The van der Waals surface area contributed by atoms with Crippen LogP contribution in [0.15, 0.2) is 47.4 Å². The van der Waals surface area contributed by atoms with Crippen LogP contribution in [0.3, 0.4) is 0 Å². The van der Waals surface area contributed by atoms with E-state index in [1.54, 1.807) is 4.90 Å². The number of likely N-dealkylation sites (tertiary alicyclic amines) is 1. The standard InChI is InChI=1S/C24H27N3O3S/c1-16-10-11-19-20(14-16)31-22(23(29)26-12-6-3-7-13-26)24(30)27(19)15-21(28)25-18-9-5-4-8-17(18)2/h4-5,8-11,14,22H,3,6-7,12-13,15H2,1-2H3,(H,25,28). The van der Waals surface area contributed by atoms with Crippen molar-refractivity contribution >= 4 is 40.9 Å². The van der Waals surface area contributed by atoms with Crippen molar-refractivity contribution in [3.8, 4) is 0 Å². The first-order valence-electron chi connectivity index (χ1n) is 10.7. The van der Waals surface area contributed by atoms with Gasteiger partial charge in [0.1, 0.15) is 6.54 Å². The zero-order valence-electron chi connectivity index (χ0n) is 17.9. The zero-order chi connectivity index (χ0) is 22.0. The number of benzene rings is 2. The van der Waals surface area contributed by atoms with Crippen LogP contribution in [-0.4, -0.2) is 47.5 Å². The second-order valence-electron chi connectivity index (χ2n) is 8.14. The number of para-hydroxylation sites is 1. The maximum atomic E-state index is 13.4. The molecule has 2 aromatic rings. The average Bonchev–Trinajstić information content (AvgIpc) is 2.77. The van der Waals surface area contributed by atoms with Crippen LogP contribution in [0, 0.1) is 13.8 Å². The van der Waals surface area contributed by atoms with Gasteiger partial charge in [-0.1, -0.05) is 24.3 Å². The molecule has 2 aromatic carbocycles. The second kappa shape index (κ2) is 9.14. The van der Waals surface area contributed by atoms with Gasteiger partial charge in [0.15, 0.2) is 5.25 Å². The summed E-state index contributed by atoms with van der Waals surface area (Å²) in [6, 6.07) is 13.3. The van der Waals surface area contributed by atoms with Gasteiger partial charge in [-0.25, -0.2) is 0 Å². The summed E-state index contributed by atoms with van der Waals surface area (Å²) in [5.41, 5.74) is 3.40. The fourth-order valence-corrected chi connectivity index (χ4v) is 5.31. The van der Waals surface area contributed by atoms with E-state index in [0.717, 1.165) is 41.0 Å². The summed E-state index contributed by atoms with van der Waals surface area (Å²) in [6.07, 6.45) is 3.05. The highest BCUT2D eigenvalue weighted by atomic mass is 32.2. The van der Waals surface area contributed by atoms with Crippen molar-refractivity contribution in [3.05, 3.63) is 53.6 Å². The minimum Gasteiger partial charge on any atom is -0.341 e. The van der Waals surface area contributed by atoms with Crippen LogP contribution < -0.4 is 10.2 Å². The molecule has 0 radical (unpaired) electrons. The third-order valence-corrected chi connectivity index (χ3v) is 6.97. The quantitative estimate of drug-likeness (QED) is 0.740. The number of hydrogen-bond acceptors (Lipinski definition) is 4. The Hall–Kier alpha value is -2.80. The Morgan fingerprint density at radius 1 is 1.06 bits per heavy atom. The highest BCUT2D eigenvalue weighted by molar-refractivity contribution is 8.01. The fraction of sp³-hybridized carbons (Fsp3) is 0.375. The molecule has 1 unspecified atom stereocenters. The van der Waals surface area contributed by atoms with E-state index >= 15 is 0 Å². The maximum absolute atomic E-state index is 13.4. The molecule has 31 heavy (non-hydrogen) atoms. The fourth-order valence-electron chi connectivity index (χ4n) is 4.02. The van der Waals surface area contributed by atoms with Gasteiger partial charge < -0.3 is 15.1 Å². The van der Waals surface area contributed by atoms with E-state index in [9.17, 15) is 14.4 Å². The monoisotopic (exact) mass is 437 g/mol. The Bertz CT molecular complexity index is 1020. The van der Waals surface area contributed by atoms with Gasteiger partial charge in [0, 0.05) is 23.7 Å². The minimum atomic E-state index is -0.848. The van der Waals surface area contributed by atoms with Crippen LogP contribution in [0.1, 0.15) is 30.4 Å². The van der Waals surface area contributed by atoms with E-state index in [1.165, 1.54) is 16.7 Å². The molecule has 2 aliphatic heterocycles. The number of nitrogens with one attached hydrogen (secondary N) is 1. The summed E-state index contributed by atoms with van der Waals surface area (Å²) >= 11 is 1.30. The largest absolute Gasteiger partial charge is 0.341 e. The van der Waals surface area contributed by atoms with Gasteiger partial charge >= 0.3 is 0 Å². The van der Waals surface area contributed by atoms with Crippen molar-refractivity contribution < 1.29 is 14.4 Å². The molecule has 0 spiro atoms. The summed E-state index contributed by atoms with van der Waals surface area (Å²) in [5, 5.41) is 2.04. The van der Waals surface area contributed by atoms with Gasteiger partial charge in [-0.15, -0.1) is 11.8 Å². The molecule has 6 nitrogen and oxygen atoms in total. The number of carbonyl (C=O) groups excluding carboxylic acids is 3. The van der Waals surface area contributed by atoms with E-state index in [0.29, 0.717) is 18.8 Å². The lowest BCUT2D eigenvalue weighted by molar-refractivity contribution is -0.135. The third-order valence-electron chi connectivity index (χ3n) is 5.75. The Labute approximate surface area is 187 Å². The first-order chi connectivity index (χ1) is 14.9. The molecular weight excluding hydrogens is 410 g/mol. The average molecular weight is 438 g/mol. The van der Waals surface area contributed by atoms with Gasteiger partial charge in [0.25, 0.3) is 5.91 Å². The minimum absolute atomic E-state index is 0.131. The van der Waals surface area contributed by atoms with E-state index in [4.69, 9.17) is 0 Å². The number of carbonyl (C=O) groups is 3. The first kappa shape index (κ1) is 21.4. The Morgan fingerprint density at radius 3 is 2.55 bits per heavy atom. The molecule has 3 amide bonds. The topological polar surface area (TPSA) is 69.7 Å². The van der Waals surface area contributed by atoms with Crippen molar-refractivity contribution in [2.45, 2.75) is 43.3 Å². The molecule has 162 valence electrons. The van der Waals surface area contributed by atoms with Gasteiger partial charge in [0.05, 0.1) is 5.69 Å². The van der Waals surface area contributed by atoms with Crippen LogP contribution >= 0.6 is 11.8 Å². The van der Waals surface area contributed by atoms with Gasteiger partial charge in [-0.2, -0.15) is 0 Å². The summed E-state index contributed by atoms with van der Waals surface area (Å²) in [5.74, 6) is -0.756. The van der Waals surface area contributed by atoms with Gasteiger partial charge in [-0.05, 0) is 62.4 Å². The van der Waals surface area contributed by atoms with E-state index in [-0.39, 0.29) is 24.3 Å². The van der Waals surface area contributed by atoms with E-state index in [2.05, 4.69) is 5.32 Å². The summed E-state index contributed by atoms with van der Waals surface area (Å²) in [6.45, 7) is 5.15. The van der Waals surface area contributed by atoms with Gasteiger partial charge in [-0.3, -0.25) is 14.4 Å². The molecule has 2 aliphatic rings. The maximum Gasteiger partial charge on any atom is 0.250 e. The molecule has 7 heteroatoms. The third kappa shape index (κ3) is 4.61. The number of fused-ring (bicyclic) bond motifs is 1. The van der Waals surface area contributed by atoms with Crippen molar-refractivity contribution in [2.24, 2.45) is 0 Å². The molecule has 4 rings (SSSR count). The van der Waals surface area contributed by atoms with Crippen LogP contribution in [0.5, 0.6) is 0 Å². The molecule has 0 aromatic heterocycles. The molecule has 1 atom stereocenters. The number of hydrogen-bond donors (Lipinski definition) is 1. The lowest BCUT2D eigenvalue weighted by Gasteiger charge is -2.36. The normalized spacial score (nSPS) is 18.5. The Morgan fingerprint density at radius 2 is 1.81 bits per heavy atom. The molecule has 2 heterocycles. The number of amides is 3. The highest BCUT2D eigenvalue weighted by Gasteiger charge is 2.41. The van der Waals surface area contributed by atoms with Crippen molar-refractivity contribution in [1.82, 2.24) is 4.90 Å². The van der Waals surface area contributed by atoms with Crippen molar-refractivity contribution in [2.75, 3.05) is 29.9 Å². The summed E-state index contributed by atoms with van der Waals surface area (Å²) in [4.78, 5) is 43.5. The van der Waals surface area contributed by atoms with Crippen molar-refractivity contribution in [3.63, 3.8) is 0 Å². The van der Waals surface area contributed by atoms with E-state index in [1.807, 2.05) is 56.3 Å². The number of thioether (sulfide) groups is 1. The van der Waals surface area contributed by atoms with Crippen molar-refractivity contribution in [1.29, 1.82) is 0 Å². The first-order valence-corrected chi connectivity index (χ1v) is 11.5. The molecular formula is C24H27N3O3S. The van der Waals surface area contributed by atoms with Gasteiger partial charge in [0.2, 0.25) is 11.8 Å². The highest BCUT2D eigenvalue weighted by Crippen LogP contribution is 2.40. The van der Waals surface area contributed by atoms with Crippen LogP contribution in [0.4, 0.5) is 11.4 Å². The Kier molecular flexibility index (Phi) is 6.32. The lowest BCUT2D eigenvalue weighted by atomic mass is 10.1. The number of anilines is 2. The molecule has 1 fully saturated rings. The molecule has 0 bridgehead atoms. The van der Waals surface area contributed by atoms with Crippen LogP contribution in [-0.2, 0) is 14.4 Å². The predicted molar refractivity (Wildman–Crippen MR) is 123 cm³/mol. The van der Waals surface area contributed by atoms with Crippen LogP contribution in [0.2, 0.25) is 0 Å². The lowest BCUT2D eigenvalue weighted by Crippen LogP contribution is -2.52. The molecule has 1 N–H and O–H groups in total. The summed E-state index contributed by atoms with van der Waals surface area (Å²) < 4.78 is 0. The summed E-state index contributed by atoms with van der Waals surface area (Å²) in [7, 11) is 0. The van der Waals surface area contributed by atoms with Crippen LogP contribution in [0.25, 0.3) is 0 Å². The SMILES string of the molecule is Cc1ccc2c(c1)SC(C(=O)N1CCCCC1)C(=O)N2CC(=O)Nc1ccccc1C. The number of nitrogens with zero attached hydrogens (tertiary/aromatic N) is 2. The second-order valence-corrected chi connectivity index (χ2v) is 9.29. The Balaban J connectivity index is 1.59. The predicted octanol–water partition coefficient (Wildman–Crippen LogP) is 3.76. The molecule has 0 aliphatic carbocycles. The number of piperidine rings is 1.